The fourth-order valence-electron chi connectivity index (χ4n) is 3.20. The van der Waals surface area contributed by atoms with Gasteiger partial charge in [0.1, 0.15) is 11.2 Å². The van der Waals surface area contributed by atoms with Crippen LogP contribution >= 0.6 is 0 Å². The van der Waals surface area contributed by atoms with Crippen molar-refractivity contribution < 1.29 is 13.7 Å². The first-order valence-electron chi connectivity index (χ1n) is 8.05. The largest absolute Gasteiger partial charge is 0.428 e. The van der Waals surface area contributed by atoms with E-state index in [1.54, 1.807) is 11.5 Å². The Hall–Kier alpha value is -3.75. The maximum atomic E-state index is 13.2. The van der Waals surface area contributed by atoms with E-state index in [1.807, 2.05) is 0 Å². The summed E-state index contributed by atoms with van der Waals surface area (Å²) in [6.07, 6.45) is 0. The number of nitro benzene ring substituents is 1. The summed E-state index contributed by atoms with van der Waals surface area (Å²) in [5.74, 6) is -1.44. The number of nitrogens with zero attached hydrogens (tertiary/aromatic N) is 3. The summed E-state index contributed by atoms with van der Waals surface area (Å²) in [6.45, 7) is 2.19. The van der Waals surface area contributed by atoms with Gasteiger partial charge in [0.15, 0.2) is 0 Å². The zero-order valence-corrected chi connectivity index (χ0v) is 14.0. The van der Waals surface area contributed by atoms with Crippen molar-refractivity contribution in [2.75, 3.05) is 0 Å². The first-order chi connectivity index (χ1) is 12.9. The van der Waals surface area contributed by atoms with Gasteiger partial charge in [-0.2, -0.15) is 0 Å². The van der Waals surface area contributed by atoms with Crippen LogP contribution in [0, 0.1) is 15.9 Å². The van der Waals surface area contributed by atoms with Crippen molar-refractivity contribution in [1.29, 1.82) is 0 Å². The predicted octanol–water partition coefficient (Wildman–Crippen LogP) is 2.97. The molecule has 0 aliphatic carbocycles. The number of hydrogen-bond acceptors (Lipinski definition) is 5. The van der Waals surface area contributed by atoms with Crippen LogP contribution in [-0.4, -0.2) is 14.1 Å². The third-order valence-corrected chi connectivity index (χ3v) is 4.39. The molecular formula is C18H12FN3O5. The standard InChI is InChI=1S/C18H12FN3O5/c1-2-20-14-8-7-12(22(25)26)9-13(14)15-16(23)21(18(24)27-17(15)20)11-5-3-10(19)4-6-11/h3-9H,2H2,1H3. The highest BCUT2D eigenvalue weighted by Gasteiger charge is 2.21. The Bertz CT molecular complexity index is 1330. The minimum atomic E-state index is -0.925. The molecule has 0 aliphatic rings. The van der Waals surface area contributed by atoms with Gasteiger partial charge in [-0.25, -0.2) is 13.8 Å². The van der Waals surface area contributed by atoms with Gasteiger partial charge in [-0.1, -0.05) is 0 Å². The number of fused-ring (bicyclic) bond motifs is 3. The average molecular weight is 369 g/mol. The summed E-state index contributed by atoms with van der Waals surface area (Å²) >= 11 is 0. The highest BCUT2D eigenvalue weighted by atomic mass is 19.1. The molecule has 2 heterocycles. The summed E-state index contributed by atoms with van der Waals surface area (Å²) in [4.78, 5) is 36.1. The number of halogens is 1. The Kier molecular flexibility index (Phi) is 3.65. The molecule has 0 bridgehead atoms. The maximum absolute atomic E-state index is 13.2. The van der Waals surface area contributed by atoms with Crippen molar-refractivity contribution in [2.45, 2.75) is 13.5 Å². The van der Waals surface area contributed by atoms with Gasteiger partial charge >= 0.3 is 5.76 Å². The molecule has 0 aliphatic heterocycles. The molecule has 4 aromatic rings. The first kappa shape index (κ1) is 16.7. The van der Waals surface area contributed by atoms with Gasteiger partial charge < -0.3 is 8.98 Å². The van der Waals surface area contributed by atoms with Crippen molar-refractivity contribution in [3.05, 3.63) is 79.3 Å². The zero-order chi connectivity index (χ0) is 19.3. The lowest BCUT2D eigenvalue weighted by Gasteiger charge is -2.05. The SMILES string of the molecule is CCn1c2ccc([N+](=O)[O-])cc2c2c(=O)n(-c3ccc(F)cc3)c(=O)oc21. The Morgan fingerprint density at radius 1 is 1.15 bits per heavy atom. The quantitative estimate of drug-likeness (QED) is 0.408. The molecule has 4 rings (SSSR count). The Morgan fingerprint density at radius 3 is 2.48 bits per heavy atom. The zero-order valence-electron chi connectivity index (χ0n) is 14.0. The van der Waals surface area contributed by atoms with E-state index in [4.69, 9.17) is 4.42 Å². The lowest BCUT2D eigenvalue weighted by atomic mass is 10.2. The summed E-state index contributed by atoms with van der Waals surface area (Å²) in [6, 6.07) is 8.90. The second-order valence-corrected chi connectivity index (χ2v) is 5.87. The topological polar surface area (TPSA) is 100 Å². The molecule has 0 saturated heterocycles. The fourth-order valence-corrected chi connectivity index (χ4v) is 3.20. The molecule has 2 aromatic heterocycles. The molecule has 0 saturated carbocycles. The lowest BCUT2D eigenvalue weighted by molar-refractivity contribution is -0.384. The minimum Gasteiger partial charge on any atom is -0.391 e. The number of aryl methyl sites for hydroxylation is 1. The van der Waals surface area contributed by atoms with Crippen molar-refractivity contribution in [3.63, 3.8) is 0 Å². The normalized spacial score (nSPS) is 11.3. The second kappa shape index (κ2) is 5.90. The average Bonchev–Trinajstić information content (AvgIpc) is 2.95. The van der Waals surface area contributed by atoms with Crippen molar-refractivity contribution in [1.82, 2.24) is 9.13 Å². The Labute approximate surface area is 149 Å². The number of nitro groups is 1. The van der Waals surface area contributed by atoms with E-state index in [0.717, 1.165) is 16.7 Å². The molecule has 2 aromatic carbocycles. The smallest absolute Gasteiger partial charge is 0.391 e. The molecule has 0 amide bonds. The van der Waals surface area contributed by atoms with Crippen LogP contribution in [0.25, 0.3) is 27.7 Å². The summed E-state index contributed by atoms with van der Waals surface area (Å²) in [5.41, 5.74) is -0.154. The van der Waals surface area contributed by atoms with Crippen LogP contribution < -0.4 is 11.3 Å². The summed E-state index contributed by atoms with van der Waals surface area (Å²) in [7, 11) is 0. The van der Waals surface area contributed by atoms with Crippen molar-refractivity contribution >= 4 is 27.7 Å². The van der Waals surface area contributed by atoms with Gasteiger partial charge in [0, 0.05) is 24.1 Å². The number of non-ortho nitro benzene ring substituents is 1. The second-order valence-electron chi connectivity index (χ2n) is 5.87. The van der Waals surface area contributed by atoms with Crippen molar-refractivity contribution in [3.8, 4) is 5.69 Å². The van der Waals surface area contributed by atoms with E-state index in [2.05, 4.69) is 0 Å². The predicted molar refractivity (Wildman–Crippen MR) is 95.9 cm³/mol. The Balaban J connectivity index is 2.18. The van der Waals surface area contributed by atoms with E-state index < -0.39 is 22.1 Å². The van der Waals surface area contributed by atoms with Crippen LogP contribution in [0.1, 0.15) is 6.92 Å². The highest BCUT2D eigenvalue weighted by Crippen LogP contribution is 2.29. The van der Waals surface area contributed by atoms with Crippen LogP contribution in [0.15, 0.2) is 56.5 Å². The van der Waals surface area contributed by atoms with E-state index in [1.165, 1.54) is 30.3 Å². The summed E-state index contributed by atoms with van der Waals surface area (Å²) < 4.78 is 20.9. The number of hydrogen-bond donors (Lipinski definition) is 0. The molecule has 0 atom stereocenters. The highest BCUT2D eigenvalue weighted by molar-refractivity contribution is 6.06. The molecule has 8 nitrogen and oxygen atoms in total. The fraction of sp³-hybridized carbons (Fsp3) is 0.111. The van der Waals surface area contributed by atoms with Crippen LogP contribution in [0.3, 0.4) is 0 Å². The molecule has 0 spiro atoms. The van der Waals surface area contributed by atoms with Crippen LogP contribution in [0.4, 0.5) is 10.1 Å². The Morgan fingerprint density at radius 2 is 1.85 bits per heavy atom. The monoisotopic (exact) mass is 369 g/mol. The molecule has 0 fully saturated rings. The van der Waals surface area contributed by atoms with Crippen molar-refractivity contribution in [2.24, 2.45) is 0 Å². The van der Waals surface area contributed by atoms with E-state index in [9.17, 15) is 24.1 Å². The van der Waals surface area contributed by atoms with Gasteiger partial charge in [0.25, 0.3) is 11.2 Å². The third-order valence-electron chi connectivity index (χ3n) is 4.39. The first-order valence-corrected chi connectivity index (χ1v) is 8.05. The summed E-state index contributed by atoms with van der Waals surface area (Å²) in [5, 5.41) is 11.5. The number of aromatic nitrogens is 2. The lowest BCUT2D eigenvalue weighted by Crippen LogP contribution is -2.31. The maximum Gasteiger partial charge on any atom is 0.428 e. The van der Waals surface area contributed by atoms with Gasteiger partial charge in [-0.05, 0) is 37.3 Å². The minimum absolute atomic E-state index is 0.0429. The molecule has 0 N–H and O–H groups in total. The third kappa shape index (κ3) is 2.43. The molecule has 9 heteroatoms. The number of benzene rings is 2. The molecule has 0 radical (unpaired) electrons. The molecular weight excluding hydrogens is 357 g/mol. The number of rotatable bonds is 3. The van der Waals surface area contributed by atoms with Gasteiger partial charge in [0.05, 0.1) is 16.1 Å². The van der Waals surface area contributed by atoms with E-state index >= 15 is 0 Å². The molecule has 136 valence electrons. The van der Waals surface area contributed by atoms with Crippen LogP contribution in [-0.2, 0) is 6.54 Å². The van der Waals surface area contributed by atoms with Crippen LogP contribution in [0.2, 0.25) is 0 Å². The molecule has 0 unspecified atom stereocenters. The molecule has 27 heavy (non-hydrogen) atoms. The van der Waals surface area contributed by atoms with E-state index in [-0.39, 0.29) is 22.5 Å². The van der Waals surface area contributed by atoms with Gasteiger partial charge in [0.2, 0.25) is 5.71 Å². The van der Waals surface area contributed by atoms with Gasteiger partial charge in [-0.3, -0.25) is 14.9 Å². The van der Waals surface area contributed by atoms with Gasteiger partial charge in [-0.15, -0.1) is 0 Å². The van der Waals surface area contributed by atoms with Crippen LogP contribution in [0.5, 0.6) is 0 Å². The van der Waals surface area contributed by atoms with E-state index in [0.29, 0.717) is 17.4 Å².